The Kier molecular flexibility index (Phi) is 5.28. The molecule has 0 aliphatic carbocycles. The minimum atomic E-state index is -0.530. The van der Waals surface area contributed by atoms with Crippen molar-refractivity contribution in [1.82, 2.24) is 9.38 Å². The Morgan fingerprint density at radius 2 is 2.00 bits per heavy atom. The van der Waals surface area contributed by atoms with Gasteiger partial charge >= 0.3 is 5.97 Å². The van der Waals surface area contributed by atoms with Crippen molar-refractivity contribution in [1.29, 1.82) is 0 Å². The molecule has 0 saturated heterocycles. The fourth-order valence-corrected chi connectivity index (χ4v) is 3.00. The summed E-state index contributed by atoms with van der Waals surface area (Å²) in [5.41, 5.74) is 1.64. The predicted octanol–water partition coefficient (Wildman–Crippen LogP) is 2.08. The maximum Gasteiger partial charge on any atom is 0.312 e. The number of amides is 2. The number of esters is 1. The van der Waals surface area contributed by atoms with Crippen LogP contribution in [0.5, 0.6) is 0 Å². The smallest absolute Gasteiger partial charge is 0.312 e. The van der Waals surface area contributed by atoms with Crippen LogP contribution in [0, 0.1) is 0 Å². The molecule has 2 amide bonds. The molecule has 2 N–H and O–H groups in total. The largest absolute Gasteiger partial charge is 0.455 e. The Bertz CT molecular complexity index is 934. The van der Waals surface area contributed by atoms with Gasteiger partial charge in [0.05, 0.1) is 12.1 Å². The summed E-state index contributed by atoms with van der Waals surface area (Å²) in [5.74, 6) is -1.20. The minimum absolute atomic E-state index is 0.000301. The van der Waals surface area contributed by atoms with Gasteiger partial charge in [-0.2, -0.15) is 0 Å². The summed E-state index contributed by atoms with van der Waals surface area (Å²) in [5, 5.41) is 7.13. The molecule has 3 aromatic rings. The Hall–Kier alpha value is -3.20. The Morgan fingerprint density at radius 3 is 2.73 bits per heavy atom. The third-order valence-electron chi connectivity index (χ3n) is 3.30. The summed E-state index contributed by atoms with van der Waals surface area (Å²) in [6.45, 7) is 1.000. The van der Waals surface area contributed by atoms with Crippen LogP contribution in [0.25, 0.3) is 4.96 Å². The lowest BCUT2D eigenvalue weighted by Crippen LogP contribution is -2.21. The Labute approximate surface area is 152 Å². The lowest BCUT2D eigenvalue weighted by atomic mass is 10.2. The second-order valence-corrected chi connectivity index (χ2v) is 6.35. The van der Waals surface area contributed by atoms with E-state index in [4.69, 9.17) is 4.74 Å². The van der Waals surface area contributed by atoms with Gasteiger partial charge in [-0.3, -0.25) is 18.8 Å². The van der Waals surface area contributed by atoms with Crippen LogP contribution in [0.4, 0.5) is 11.4 Å². The summed E-state index contributed by atoms with van der Waals surface area (Å²) < 4.78 is 6.80. The Balaban J connectivity index is 1.48. The van der Waals surface area contributed by atoms with E-state index in [2.05, 4.69) is 15.6 Å². The van der Waals surface area contributed by atoms with Gasteiger partial charge in [-0.25, -0.2) is 4.98 Å². The molecule has 2 heterocycles. The van der Waals surface area contributed by atoms with E-state index in [9.17, 15) is 14.4 Å². The first-order valence-electron chi connectivity index (χ1n) is 7.74. The summed E-state index contributed by atoms with van der Waals surface area (Å²) in [6.07, 6.45) is 3.60. The number of fused-ring (bicyclic) bond motifs is 1. The molecule has 0 bridgehead atoms. The maximum absolute atomic E-state index is 11.9. The molecule has 2 aromatic heterocycles. The minimum Gasteiger partial charge on any atom is -0.455 e. The van der Waals surface area contributed by atoms with Crippen LogP contribution in [0.1, 0.15) is 12.6 Å². The lowest BCUT2D eigenvalue weighted by molar-refractivity contribution is -0.146. The summed E-state index contributed by atoms with van der Waals surface area (Å²) in [4.78, 5) is 39.9. The molecular formula is C17H16N4O4S. The van der Waals surface area contributed by atoms with E-state index in [0.717, 1.165) is 4.96 Å². The number of imidazole rings is 1. The van der Waals surface area contributed by atoms with Gasteiger partial charge < -0.3 is 15.4 Å². The van der Waals surface area contributed by atoms with Crippen LogP contribution in [0.15, 0.2) is 42.0 Å². The van der Waals surface area contributed by atoms with Crippen molar-refractivity contribution in [3.8, 4) is 0 Å². The van der Waals surface area contributed by atoms with Gasteiger partial charge in [-0.1, -0.05) is 6.07 Å². The fraction of sp³-hybridized carbons (Fsp3) is 0.176. The van der Waals surface area contributed by atoms with Crippen molar-refractivity contribution in [2.45, 2.75) is 13.3 Å². The molecule has 0 radical (unpaired) electrons. The normalized spacial score (nSPS) is 10.5. The zero-order chi connectivity index (χ0) is 18.5. The molecule has 0 aliphatic rings. The van der Waals surface area contributed by atoms with Crippen LogP contribution in [0.3, 0.4) is 0 Å². The highest BCUT2D eigenvalue weighted by atomic mass is 32.1. The number of thiazole rings is 1. The number of aromatic nitrogens is 2. The molecular weight excluding hydrogens is 356 g/mol. The first kappa shape index (κ1) is 17.6. The number of anilines is 2. The van der Waals surface area contributed by atoms with Crippen LogP contribution in [0.2, 0.25) is 0 Å². The molecule has 9 heteroatoms. The van der Waals surface area contributed by atoms with Crippen LogP contribution >= 0.6 is 11.3 Å². The SMILES string of the molecule is CC(=O)Nc1cccc(NC(=O)COC(=O)Cc2cn3ccsc3n2)c1. The van der Waals surface area contributed by atoms with Gasteiger partial charge in [0.1, 0.15) is 0 Å². The number of carbonyl (C=O) groups excluding carboxylic acids is 3. The highest BCUT2D eigenvalue weighted by Crippen LogP contribution is 2.15. The van der Waals surface area contributed by atoms with Gasteiger partial charge in [0.2, 0.25) is 5.91 Å². The summed E-state index contributed by atoms with van der Waals surface area (Å²) in [6, 6.07) is 6.67. The quantitative estimate of drug-likeness (QED) is 0.645. The highest BCUT2D eigenvalue weighted by molar-refractivity contribution is 7.15. The van der Waals surface area contributed by atoms with Gasteiger partial charge in [0.25, 0.3) is 5.91 Å². The summed E-state index contributed by atoms with van der Waals surface area (Å²) >= 11 is 1.47. The molecule has 0 saturated carbocycles. The van der Waals surface area contributed by atoms with Crippen LogP contribution in [-0.4, -0.2) is 33.8 Å². The average molecular weight is 372 g/mol. The zero-order valence-electron chi connectivity index (χ0n) is 13.9. The van der Waals surface area contributed by atoms with Crippen molar-refractivity contribution >= 4 is 45.5 Å². The maximum atomic E-state index is 11.9. The highest BCUT2D eigenvalue weighted by Gasteiger charge is 2.12. The Morgan fingerprint density at radius 1 is 1.23 bits per heavy atom. The van der Waals surface area contributed by atoms with Gasteiger partial charge in [-0.15, -0.1) is 11.3 Å². The third-order valence-corrected chi connectivity index (χ3v) is 4.07. The number of nitrogens with zero attached hydrogens (tertiary/aromatic N) is 2. The van der Waals surface area contributed by atoms with E-state index in [-0.39, 0.29) is 12.3 Å². The van der Waals surface area contributed by atoms with Crippen molar-refractivity contribution in [2.24, 2.45) is 0 Å². The second kappa shape index (κ2) is 7.79. The number of benzene rings is 1. The van der Waals surface area contributed by atoms with Crippen molar-refractivity contribution in [3.05, 3.63) is 47.7 Å². The van der Waals surface area contributed by atoms with Gasteiger partial charge in [-0.05, 0) is 18.2 Å². The number of nitrogens with one attached hydrogen (secondary N) is 2. The average Bonchev–Trinajstić information content (AvgIpc) is 3.14. The van der Waals surface area contributed by atoms with E-state index < -0.39 is 18.5 Å². The number of hydrogen-bond acceptors (Lipinski definition) is 6. The van der Waals surface area contributed by atoms with Gasteiger partial charge in [0.15, 0.2) is 11.6 Å². The zero-order valence-corrected chi connectivity index (χ0v) is 14.7. The van der Waals surface area contributed by atoms with E-state index in [1.807, 2.05) is 16.0 Å². The topological polar surface area (TPSA) is 102 Å². The number of carbonyl (C=O) groups is 3. The van der Waals surface area contributed by atoms with E-state index >= 15 is 0 Å². The van der Waals surface area contributed by atoms with Crippen LogP contribution in [-0.2, 0) is 25.5 Å². The molecule has 0 aliphatic heterocycles. The third kappa shape index (κ3) is 4.67. The number of rotatable bonds is 6. The molecule has 134 valence electrons. The van der Waals surface area contributed by atoms with Crippen LogP contribution < -0.4 is 10.6 Å². The number of ether oxygens (including phenoxy) is 1. The van der Waals surface area contributed by atoms with Crippen molar-refractivity contribution < 1.29 is 19.1 Å². The molecule has 0 fully saturated rings. The molecule has 0 unspecified atom stereocenters. The molecule has 26 heavy (non-hydrogen) atoms. The first-order valence-corrected chi connectivity index (χ1v) is 8.62. The lowest BCUT2D eigenvalue weighted by Gasteiger charge is -2.08. The van der Waals surface area contributed by atoms with E-state index in [1.165, 1.54) is 18.3 Å². The van der Waals surface area contributed by atoms with Crippen molar-refractivity contribution in [3.63, 3.8) is 0 Å². The molecule has 1 aromatic carbocycles. The van der Waals surface area contributed by atoms with Crippen molar-refractivity contribution in [2.75, 3.05) is 17.2 Å². The molecule has 3 rings (SSSR count). The monoisotopic (exact) mass is 372 g/mol. The standard InChI is InChI=1S/C17H16N4O4S/c1-11(22)18-12-3-2-4-13(7-12)19-15(23)10-25-16(24)8-14-9-21-5-6-26-17(21)20-14/h2-7,9H,8,10H2,1H3,(H,18,22)(H,19,23). The van der Waals surface area contributed by atoms with E-state index in [0.29, 0.717) is 17.1 Å². The first-order chi connectivity index (χ1) is 12.5. The second-order valence-electron chi connectivity index (χ2n) is 5.47. The molecule has 8 nitrogen and oxygen atoms in total. The van der Waals surface area contributed by atoms with E-state index in [1.54, 1.807) is 30.5 Å². The summed E-state index contributed by atoms with van der Waals surface area (Å²) in [7, 11) is 0. The molecule has 0 spiro atoms. The molecule has 0 atom stereocenters. The fourth-order valence-electron chi connectivity index (χ4n) is 2.28. The predicted molar refractivity (Wildman–Crippen MR) is 97.1 cm³/mol. The van der Waals surface area contributed by atoms with Gasteiger partial charge in [0, 0.05) is 36.1 Å². The number of hydrogen-bond donors (Lipinski definition) is 2.